The van der Waals surface area contributed by atoms with Gasteiger partial charge in [0.2, 0.25) is 0 Å². The van der Waals surface area contributed by atoms with Crippen LogP contribution in [0, 0.1) is 46.3 Å². The molecular formula is C25H40O4. The normalized spacial score (nSPS) is 47.7. The summed E-state index contributed by atoms with van der Waals surface area (Å²) in [7, 11) is 1.47. The molecule has 0 bridgehead atoms. The zero-order valence-corrected chi connectivity index (χ0v) is 18.8. The molecule has 164 valence electrons. The maximum Gasteiger partial charge on any atom is 0.305 e. The van der Waals surface area contributed by atoms with E-state index in [0.717, 1.165) is 32.1 Å². The van der Waals surface area contributed by atoms with E-state index >= 15 is 0 Å². The first-order valence-electron chi connectivity index (χ1n) is 12.0. The smallest absolute Gasteiger partial charge is 0.305 e. The summed E-state index contributed by atoms with van der Waals surface area (Å²) in [6.45, 7) is 7.18. The number of esters is 1. The van der Waals surface area contributed by atoms with Crippen molar-refractivity contribution in [2.45, 2.75) is 91.1 Å². The Bertz CT molecular complexity index is 659. The highest BCUT2D eigenvalue weighted by Crippen LogP contribution is 2.67. The van der Waals surface area contributed by atoms with Gasteiger partial charge in [0.1, 0.15) is 5.78 Å². The van der Waals surface area contributed by atoms with Crippen LogP contribution in [0.3, 0.4) is 0 Å². The van der Waals surface area contributed by atoms with E-state index in [1.165, 1.54) is 26.4 Å². The van der Waals surface area contributed by atoms with Gasteiger partial charge >= 0.3 is 5.97 Å². The van der Waals surface area contributed by atoms with E-state index < -0.39 is 0 Å². The van der Waals surface area contributed by atoms with E-state index in [4.69, 9.17) is 4.74 Å². The van der Waals surface area contributed by atoms with E-state index in [-0.39, 0.29) is 28.8 Å². The summed E-state index contributed by atoms with van der Waals surface area (Å²) in [5.74, 6) is 3.08. The van der Waals surface area contributed by atoms with Crippen molar-refractivity contribution < 1.29 is 19.4 Å². The first kappa shape index (κ1) is 21.3. The molecule has 9 atom stereocenters. The fourth-order valence-electron chi connectivity index (χ4n) is 8.53. The first-order chi connectivity index (χ1) is 13.7. The number of fused-ring (bicyclic) bond motifs is 5. The van der Waals surface area contributed by atoms with Crippen molar-refractivity contribution in [1.29, 1.82) is 0 Å². The van der Waals surface area contributed by atoms with Gasteiger partial charge in [-0.2, -0.15) is 0 Å². The van der Waals surface area contributed by atoms with Crippen LogP contribution in [0.15, 0.2) is 0 Å². The Morgan fingerprint density at radius 3 is 2.55 bits per heavy atom. The Kier molecular flexibility index (Phi) is 5.63. The molecule has 4 heteroatoms. The molecule has 0 aromatic carbocycles. The quantitative estimate of drug-likeness (QED) is 0.685. The number of hydrogen-bond donors (Lipinski definition) is 1. The van der Waals surface area contributed by atoms with Gasteiger partial charge in [0.25, 0.3) is 0 Å². The Morgan fingerprint density at radius 2 is 1.83 bits per heavy atom. The number of ketones is 1. The van der Waals surface area contributed by atoms with Crippen LogP contribution in [-0.4, -0.2) is 30.1 Å². The molecule has 0 heterocycles. The van der Waals surface area contributed by atoms with Crippen molar-refractivity contribution in [1.82, 2.24) is 0 Å². The van der Waals surface area contributed by atoms with E-state index in [9.17, 15) is 14.7 Å². The van der Waals surface area contributed by atoms with Crippen LogP contribution < -0.4 is 0 Å². The highest BCUT2D eigenvalue weighted by Gasteiger charge is 2.62. The molecule has 4 saturated carbocycles. The van der Waals surface area contributed by atoms with Crippen molar-refractivity contribution in [3.8, 4) is 0 Å². The van der Waals surface area contributed by atoms with Crippen molar-refractivity contribution in [3.05, 3.63) is 0 Å². The molecule has 0 aliphatic heterocycles. The highest BCUT2D eigenvalue weighted by atomic mass is 16.5. The lowest BCUT2D eigenvalue weighted by molar-refractivity contribution is -0.160. The SMILES string of the molecule is COC(=O)CCC(C)C1CC[C@H]2[C@@H]3C(=O)C[C@@H]4C[C@H](O)CC[C@]4(C)[C@H]3CC[C@]12C. The molecule has 4 rings (SSSR count). The minimum absolute atomic E-state index is 0.110. The van der Waals surface area contributed by atoms with Gasteiger partial charge in [0.05, 0.1) is 13.2 Å². The fourth-order valence-corrected chi connectivity index (χ4v) is 8.53. The van der Waals surface area contributed by atoms with Crippen LogP contribution in [0.1, 0.15) is 85.0 Å². The maximum absolute atomic E-state index is 13.4. The molecule has 0 radical (unpaired) electrons. The highest BCUT2D eigenvalue weighted by molar-refractivity contribution is 5.83. The van der Waals surface area contributed by atoms with Crippen LogP contribution in [0.25, 0.3) is 0 Å². The molecule has 4 aliphatic carbocycles. The second-order valence-electron chi connectivity index (χ2n) is 11.4. The molecule has 1 N–H and O–H groups in total. The number of rotatable bonds is 4. The number of Topliss-reactive ketones (excluding diaryl/α,β-unsaturated/α-hetero) is 1. The van der Waals surface area contributed by atoms with Gasteiger partial charge in [-0.15, -0.1) is 0 Å². The van der Waals surface area contributed by atoms with E-state index in [2.05, 4.69) is 20.8 Å². The number of carbonyl (C=O) groups is 2. The molecule has 0 saturated heterocycles. The summed E-state index contributed by atoms with van der Waals surface area (Å²) < 4.78 is 4.85. The zero-order valence-electron chi connectivity index (χ0n) is 18.8. The van der Waals surface area contributed by atoms with E-state index in [1.54, 1.807) is 0 Å². The Morgan fingerprint density at radius 1 is 1.14 bits per heavy atom. The lowest BCUT2D eigenvalue weighted by Gasteiger charge is -2.60. The summed E-state index contributed by atoms with van der Waals surface area (Å²) in [6.07, 6.45) is 9.40. The van der Waals surface area contributed by atoms with Gasteiger partial charge in [-0.3, -0.25) is 9.59 Å². The summed E-state index contributed by atoms with van der Waals surface area (Å²) in [5, 5.41) is 10.2. The molecule has 4 aliphatic rings. The summed E-state index contributed by atoms with van der Waals surface area (Å²) in [5.41, 5.74) is 0.456. The first-order valence-corrected chi connectivity index (χ1v) is 12.0. The Hall–Kier alpha value is -0.900. The zero-order chi connectivity index (χ0) is 21.0. The predicted molar refractivity (Wildman–Crippen MR) is 112 cm³/mol. The van der Waals surface area contributed by atoms with Gasteiger partial charge in [-0.05, 0) is 91.8 Å². The lowest BCUT2D eigenvalue weighted by Crippen LogP contribution is -2.57. The van der Waals surface area contributed by atoms with Gasteiger partial charge in [-0.25, -0.2) is 0 Å². The van der Waals surface area contributed by atoms with Crippen molar-refractivity contribution in [3.63, 3.8) is 0 Å². The average molecular weight is 405 g/mol. The molecule has 4 fully saturated rings. The van der Waals surface area contributed by atoms with Crippen LogP contribution >= 0.6 is 0 Å². The van der Waals surface area contributed by atoms with Crippen molar-refractivity contribution in [2.24, 2.45) is 46.3 Å². The molecule has 0 aromatic rings. The standard InChI is InChI=1S/C25H40O4/c1-15(5-8-22(28)29-4)18-6-7-19-23-20(10-12-25(18,19)3)24(2)11-9-17(26)13-16(24)14-21(23)27/h15-20,23,26H,5-14H2,1-4H3/t15?,16-,17+,18?,19-,20-,23-,24-,25+/m0/s1. The second-order valence-corrected chi connectivity index (χ2v) is 11.4. The van der Waals surface area contributed by atoms with Gasteiger partial charge in [-0.1, -0.05) is 20.8 Å². The second kappa shape index (κ2) is 7.66. The van der Waals surface area contributed by atoms with Gasteiger partial charge < -0.3 is 9.84 Å². The van der Waals surface area contributed by atoms with E-state index in [1.807, 2.05) is 0 Å². The number of aliphatic hydroxyl groups excluding tert-OH is 1. The number of carbonyl (C=O) groups excluding carboxylic acids is 2. The number of ether oxygens (including phenoxy) is 1. The minimum atomic E-state index is -0.210. The fraction of sp³-hybridized carbons (Fsp3) is 0.920. The topological polar surface area (TPSA) is 63.6 Å². The molecule has 4 nitrogen and oxygen atoms in total. The molecular weight excluding hydrogens is 364 g/mol. The monoisotopic (exact) mass is 404 g/mol. The van der Waals surface area contributed by atoms with Crippen molar-refractivity contribution >= 4 is 11.8 Å². The maximum atomic E-state index is 13.4. The molecule has 0 amide bonds. The van der Waals surface area contributed by atoms with Gasteiger partial charge in [0.15, 0.2) is 0 Å². The molecule has 0 aromatic heterocycles. The average Bonchev–Trinajstić information content (AvgIpc) is 3.04. The Balaban J connectivity index is 1.53. The third-order valence-electron chi connectivity index (χ3n) is 10.2. The molecule has 29 heavy (non-hydrogen) atoms. The number of hydrogen-bond acceptors (Lipinski definition) is 4. The Labute approximate surface area is 176 Å². The number of methoxy groups -OCH3 is 1. The number of aliphatic hydroxyl groups is 1. The predicted octanol–water partition coefficient (Wildman–Crippen LogP) is 4.77. The summed E-state index contributed by atoms with van der Waals surface area (Å²) >= 11 is 0. The van der Waals surface area contributed by atoms with Crippen molar-refractivity contribution in [2.75, 3.05) is 7.11 Å². The summed E-state index contributed by atoms with van der Waals surface area (Å²) in [4.78, 5) is 25.0. The third kappa shape index (κ3) is 3.38. The van der Waals surface area contributed by atoms with Crippen LogP contribution in [0.2, 0.25) is 0 Å². The molecule has 2 unspecified atom stereocenters. The van der Waals surface area contributed by atoms with E-state index in [0.29, 0.717) is 48.2 Å². The van der Waals surface area contributed by atoms with Crippen LogP contribution in [0.5, 0.6) is 0 Å². The third-order valence-corrected chi connectivity index (χ3v) is 10.2. The largest absolute Gasteiger partial charge is 0.469 e. The van der Waals surface area contributed by atoms with Crippen LogP contribution in [0.4, 0.5) is 0 Å². The molecule has 0 spiro atoms. The van der Waals surface area contributed by atoms with Gasteiger partial charge in [0, 0.05) is 18.8 Å². The lowest BCUT2D eigenvalue weighted by atomic mass is 9.44. The minimum Gasteiger partial charge on any atom is -0.469 e. The van der Waals surface area contributed by atoms with Crippen LogP contribution in [-0.2, 0) is 14.3 Å². The summed E-state index contributed by atoms with van der Waals surface area (Å²) in [6, 6.07) is 0.